The van der Waals surface area contributed by atoms with Gasteiger partial charge >= 0.3 is 6.09 Å². The predicted octanol–water partition coefficient (Wildman–Crippen LogP) is 5.03. The Balaban J connectivity index is 1.98. The van der Waals surface area contributed by atoms with Gasteiger partial charge in [0.2, 0.25) is 0 Å². The normalized spacial score (nSPS) is 11.9. The number of hydrogen-bond acceptors (Lipinski definition) is 5. The zero-order chi connectivity index (χ0) is 19.2. The second kappa shape index (κ2) is 6.56. The SMILES string of the molecule is CC(C)(C)OC(=O)n1c2ccncc2c2ccc(-c3ccnc(I)c3)nc21. The lowest BCUT2D eigenvalue weighted by atomic mass is 10.1. The maximum Gasteiger partial charge on any atom is 0.420 e. The van der Waals surface area contributed by atoms with Crippen LogP contribution < -0.4 is 0 Å². The van der Waals surface area contributed by atoms with E-state index in [1.807, 2.05) is 45.0 Å². The van der Waals surface area contributed by atoms with Gasteiger partial charge in [0.1, 0.15) is 9.30 Å². The molecular weight excluding hydrogens is 455 g/mol. The van der Waals surface area contributed by atoms with Gasteiger partial charge in [-0.05, 0) is 73.7 Å². The summed E-state index contributed by atoms with van der Waals surface area (Å²) in [5.41, 5.74) is 2.38. The van der Waals surface area contributed by atoms with Crippen molar-refractivity contribution in [1.82, 2.24) is 19.5 Å². The molecule has 0 aliphatic heterocycles. The van der Waals surface area contributed by atoms with Crippen LogP contribution in [0.1, 0.15) is 20.8 Å². The van der Waals surface area contributed by atoms with Crippen LogP contribution in [0.2, 0.25) is 0 Å². The number of aromatic nitrogens is 4. The Morgan fingerprint density at radius 3 is 2.67 bits per heavy atom. The van der Waals surface area contributed by atoms with E-state index in [0.29, 0.717) is 5.65 Å². The number of halogens is 1. The van der Waals surface area contributed by atoms with Gasteiger partial charge in [-0.1, -0.05) is 0 Å². The van der Waals surface area contributed by atoms with Crippen molar-refractivity contribution < 1.29 is 9.53 Å². The van der Waals surface area contributed by atoms with E-state index in [2.05, 4.69) is 32.6 Å². The molecule has 4 aromatic heterocycles. The Labute approximate surface area is 169 Å². The Hall–Kier alpha value is -2.55. The van der Waals surface area contributed by atoms with Crippen molar-refractivity contribution in [3.8, 4) is 11.3 Å². The lowest BCUT2D eigenvalue weighted by Gasteiger charge is -2.20. The van der Waals surface area contributed by atoms with Crippen molar-refractivity contribution in [2.24, 2.45) is 0 Å². The smallest absolute Gasteiger partial charge is 0.420 e. The Morgan fingerprint density at radius 2 is 1.93 bits per heavy atom. The molecule has 0 aliphatic carbocycles. The molecule has 4 rings (SSSR count). The van der Waals surface area contributed by atoms with E-state index < -0.39 is 11.7 Å². The molecule has 7 heteroatoms. The molecule has 0 atom stereocenters. The molecule has 0 N–H and O–H groups in total. The molecule has 0 bridgehead atoms. The van der Waals surface area contributed by atoms with Gasteiger partial charge in [-0.3, -0.25) is 9.97 Å². The van der Waals surface area contributed by atoms with Gasteiger partial charge < -0.3 is 4.74 Å². The lowest BCUT2D eigenvalue weighted by molar-refractivity contribution is 0.0550. The number of carbonyl (C=O) groups excluding carboxylic acids is 1. The molecule has 0 amide bonds. The first-order valence-electron chi connectivity index (χ1n) is 8.44. The minimum atomic E-state index is -0.605. The van der Waals surface area contributed by atoms with Gasteiger partial charge in [0.25, 0.3) is 0 Å². The third kappa shape index (κ3) is 3.39. The number of pyridine rings is 3. The fraction of sp³-hybridized carbons (Fsp3) is 0.200. The van der Waals surface area contributed by atoms with Crippen LogP contribution >= 0.6 is 22.6 Å². The van der Waals surface area contributed by atoms with Crippen LogP contribution in [-0.4, -0.2) is 31.2 Å². The summed E-state index contributed by atoms with van der Waals surface area (Å²) in [7, 11) is 0. The number of carbonyl (C=O) groups is 1. The average molecular weight is 472 g/mol. The molecule has 0 aromatic carbocycles. The summed E-state index contributed by atoms with van der Waals surface area (Å²) in [6.07, 6.45) is 4.70. The summed E-state index contributed by atoms with van der Waals surface area (Å²) in [6, 6.07) is 9.57. The zero-order valence-corrected chi connectivity index (χ0v) is 17.3. The number of ether oxygens (including phenoxy) is 1. The second-order valence-corrected chi connectivity index (χ2v) is 8.25. The van der Waals surface area contributed by atoms with E-state index in [1.54, 1.807) is 24.7 Å². The first-order chi connectivity index (χ1) is 12.8. The first kappa shape index (κ1) is 17.8. The van der Waals surface area contributed by atoms with Gasteiger partial charge in [-0.25, -0.2) is 14.3 Å². The molecule has 0 aliphatic rings. The number of nitrogens with zero attached hydrogens (tertiary/aromatic N) is 4. The summed E-state index contributed by atoms with van der Waals surface area (Å²) in [6.45, 7) is 5.54. The van der Waals surface area contributed by atoms with Crippen LogP contribution in [0, 0.1) is 3.70 Å². The fourth-order valence-corrected chi connectivity index (χ4v) is 3.44. The third-order valence-electron chi connectivity index (χ3n) is 4.01. The van der Waals surface area contributed by atoms with Crippen LogP contribution in [0.15, 0.2) is 48.9 Å². The fourth-order valence-electron chi connectivity index (χ4n) is 2.95. The van der Waals surface area contributed by atoms with E-state index in [-0.39, 0.29) is 0 Å². The summed E-state index contributed by atoms with van der Waals surface area (Å²) >= 11 is 2.17. The number of rotatable bonds is 1. The van der Waals surface area contributed by atoms with Crippen LogP contribution in [0.4, 0.5) is 4.79 Å². The minimum absolute atomic E-state index is 0.456. The minimum Gasteiger partial charge on any atom is -0.443 e. The highest BCUT2D eigenvalue weighted by atomic mass is 127. The molecule has 0 saturated carbocycles. The molecule has 0 radical (unpaired) electrons. The van der Waals surface area contributed by atoms with Gasteiger partial charge in [0.05, 0.1) is 11.2 Å². The van der Waals surface area contributed by atoms with E-state index in [9.17, 15) is 4.79 Å². The Bertz CT molecular complexity index is 1180. The van der Waals surface area contributed by atoms with Crippen molar-refractivity contribution >= 4 is 50.6 Å². The molecular formula is C20H17IN4O2. The van der Waals surface area contributed by atoms with E-state index in [4.69, 9.17) is 9.72 Å². The summed E-state index contributed by atoms with van der Waals surface area (Å²) in [5.74, 6) is 0. The average Bonchev–Trinajstić information content (AvgIpc) is 2.94. The van der Waals surface area contributed by atoms with Crippen LogP contribution in [-0.2, 0) is 4.74 Å². The third-order valence-corrected chi connectivity index (χ3v) is 4.60. The highest BCUT2D eigenvalue weighted by molar-refractivity contribution is 14.1. The van der Waals surface area contributed by atoms with Crippen molar-refractivity contribution in [2.75, 3.05) is 0 Å². The molecule has 0 fully saturated rings. The van der Waals surface area contributed by atoms with Crippen LogP contribution in [0.5, 0.6) is 0 Å². The van der Waals surface area contributed by atoms with Gasteiger partial charge in [-0.15, -0.1) is 0 Å². The molecule has 27 heavy (non-hydrogen) atoms. The first-order valence-corrected chi connectivity index (χ1v) is 9.52. The standard InChI is InChI=1S/C20H17IN4O2/c1-20(2,3)27-19(26)25-16-7-8-22-11-14(16)13-4-5-15(24-18(13)25)12-6-9-23-17(21)10-12/h4-11H,1-3H3. The van der Waals surface area contributed by atoms with E-state index >= 15 is 0 Å². The largest absolute Gasteiger partial charge is 0.443 e. The molecule has 0 unspecified atom stereocenters. The van der Waals surface area contributed by atoms with Crippen molar-refractivity contribution in [2.45, 2.75) is 26.4 Å². The maximum atomic E-state index is 12.9. The molecule has 4 aromatic rings. The summed E-state index contributed by atoms with van der Waals surface area (Å²) in [5, 5.41) is 1.72. The predicted molar refractivity (Wildman–Crippen MR) is 113 cm³/mol. The summed E-state index contributed by atoms with van der Waals surface area (Å²) in [4.78, 5) is 26.1. The van der Waals surface area contributed by atoms with E-state index in [1.165, 1.54) is 4.57 Å². The molecule has 0 saturated heterocycles. The second-order valence-electron chi connectivity index (χ2n) is 7.14. The van der Waals surface area contributed by atoms with Gasteiger partial charge in [0, 0.05) is 34.9 Å². The highest BCUT2D eigenvalue weighted by Crippen LogP contribution is 2.30. The number of hydrogen-bond donors (Lipinski definition) is 0. The number of fused-ring (bicyclic) bond motifs is 3. The molecule has 0 spiro atoms. The lowest BCUT2D eigenvalue weighted by Crippen LogP contribution is -2.27. The van der Waals surface area contributed by atoms with Gasteiger partial charge in [-0.2, -0.15) is 0 Å². The maximum absolute atomic E-state index is 12.9. The molecule has 6 nitrogen and oxygen atoms in total. The van der Waals surface area contributed by atoms with E-state index in [0.717, 1.165) is 31.2 Å². The highest BCUT2D eigenvalue weighted by Gasteiger charge is 2.23. The van der Waals surface area contributed by atoms with Crippen molar-refractivity contribution in [3.05, 3.63) is 52.6 Å². The van der Waals surface area contributed by atoms with Crippen LogP contribution in [0.25, 0.3) is 33.2 Å². The monoisotopic (exact) mass is 472 g/mol. The van der Waals surface area contributed by atoms with Crippen LogP contribution in [0.3, 0.4) is 0 Å². The molecule has 136 valence electrons. The quantitative estimate of drug-likeness (QED) is 0.287. The Kier molecular flexibility index (Phi) is 4.33. The van der Waals surface area contributed by atoms with Crippen molar-refractivity contribution in [1.29, 1.82) is 0 Å². The topological polar surface area (TPSA) is 69.9 Å². The Morgan fingerprint density at radius 1 is 1.11 bits per heavy atom. The zero-order valence-electron chi connectivity index (χ0n) is 15.1. The van der Waals surface area contributed by atoms with Gasteiger partial charge in [0.15, 0.2) is 5.65 Å². The molecule has 4 heterocycles. The summed E-state index contributed by atoms with van der Waals surface area (Å²) < 4.78 is 8.02. The van der Waals surface area contributed by atoms with Crippen molar-refractivity contribution in [3.63, 3.8) is 0 Å².